The average molecular weight is 268 g/mol. The second-order valence-corrected chi connectivity index (χ2v) is 4.55. The molecule has 0 saturated carbocycles. The fourth-order valence-corrected chi connectivity index (χ4v) is 2.29. The Kier molecular flexibility index (Phi) is 3.29. The smallest absolute Gasteiger partial charge is 0.162 e. The highest BCUT2D eigenvalue weighted by atomic mass is 16.5. The molecule has 0 aliphatic heterocycles. The average Bonchev–Trinajstić information content (AvgIpc) is 2.89. The molecule has 102 valence electrons. The Hall–Kier alpha value is -2.49. The van der Waals surface area contributed by atoms with Crippen molar-refractivity contribution in [1.82, 2.24) is 9.78 Å². The summed E-state index contributed by atoms with van der Waals surface area (Å²) in [7, 11) is 3.28. The highest BCUT2D eigenvalue weighted by Gasteiger charge is 2.10. The predicted molar refractivity (Wildman–Crippen MR) is 78.4 cm³/mol. The summed E-state index contributed by atoms with van der Waals surface area (Å²) in [5.41, 5.74) is 2.25. The second-order valence-electron chi connectivity index (χ2n) is 4.55. The van der Waals surface area contributed by atoms with Crippen LogP contribution in [0.4, 0.5) is 0 Å². The highest BCUT2D eigenvalue weighted by Crippen LogP contribution is 2.32. The molecule has 2 aromatic carbocycles. The van der Waals surface area contributed by atoms with E-state index in [1.165, 1.54) is 5.56 Å². The van der Waals surface area contributed by atoms with Crippen LogP contribution in [0, 0.1) is 0 Å². The van der Waals surface area contributed by atoms with Gasteiger partial charge < -0.3 is 9.47 Å². The monoisotopic (exact) mass is 268 g/mol. The zero-order valence-corrected chi connectivity index (χ0v) is 11.5. The first-order valence-corrected chi connectivity index (χ1v) is 6.43. The van der Waals surface area contributed by atoms with Gasteiger partial charge in [0.05, 0.1) is 32.5 Å². The van der Waals surface area contributed by atoms with Crippen LogP contribution in [0.2, 0.25) is 0 Å². The summed E-state index contributed by atoms with van der Waals surface area (Å²) in [6.07, 6.45) is 1.85. The van der Waals surface area contributed by atoms with Gasteiger partial charge in [0.1, 0.15) is 0 Å². The van der Waals surface area contributed by atoms with E-state index in [-0.39, 0.29) is 0 Å². The van der Waals surface area contributed by atoms with Crippen LogP contribution in [0.1, 0.15) is 5.56 Å². The van der Waals surface area contributed by atoms with Gasteiger partial charge in [-0.15, -0.1) is 0 Å². The molecule has 0 bridgehead atoms. The standard InChI is InChI=1S/C16H16N2O2/c1-19-15-8-13-10-17-18(14(13)9-16(15)20-2)11-12-6-4-3-5-7-12/h3-10H,11H2,1-2H3. The Morgan fingerprint density at radius 1 is 1.00 bits per heavy atom. The quantitative estimate of drug-likeness (QED) is 0.729. The highest BCUT2D eigenvalue weighted by molar-refractivity contribution is 5.82. The topological polar surface area (TPSA) is 36.3 Å². The van der Waals surface area contributed by atoms with Crippen LogP contribution in [-0.2, 0) is 6.54 Å². The molecule has 4 nitrogen and oxygen atoms in total. The van der Waals surface area contributed by atoms with Crippen molar-refractivity contribution in [2.45, 2.75) is 6.54 Å². The zero-order valence-electron chi connectivity index (χ0n) is 11.5. The van der Waals surface area contributed by atoms with Gasteiger partial charge in [-0.3, -0.25) is 4.68 Å². The lowest BCUT2D eigenvalue weighted by Gasteiger charge is -2.09. The van der Waals surface area contributed by atoms with E-state index in [9.17, 15) is 0 Å². The van der Waals surface area contributed by atoms with Crippen molar-refractivity contribution in [2.75, 3.05) is 14.2 Å². The Morgan fingerprint density at radius 2 is 1.70 bits per heavy atom. The van der Waals surface area contributed by atoms with Crippen molar-refractivity contribution in [2.24, 2.45) is 0 Å². The second kappa shape index (κ2) is 5.25. The Balaban J connectivity index is 2.04. The lowest BCUT2D eigenvalue weighted by atomic mass is 10.2. The molecule has 0 aliphatic rings. The van der Waals surface area contributed by atoms with Crippen LogP contribution < -0.4 is 9.47 Å². The first-order chi connectivity index (χ1) is 9.81. The summed E-state index contributed by atoms with van der Waals surface area (Å²) < 4.78 is 12.6. The number of rotatable bonds is 4. The molecule has 3 aromatic rings. The summed E-state index contributed by atoms with van der Waals surface area (Å²) in [4.78, 5) is 0. The van der Waals surface area contributed by atoms with Crippen LogP contribution in [-0.4, -0.2) is 24.0 Å². The Labute approximate surface area is 117 Å². The molecule has 4 heteroatoms. The fraction of sp³-hybridized carbons (Fsp3) is 0.188. The van der Waals surface area contributed by atoms with E-state index in [1.807, 2.05) is 41.2 Å². The number of fused-ring (bicyclic) bond motifs is 1. The number of nitrogens with zero attached hydrogens (tertiary/aromatic N) is 2. The van der Waals surface area contributed by atoms with E-state index < -0.39 is 0 Å². The third kappa shape index (κ3) is 2.20. The normalized spacial score (nSPS) is 10.7. The molecule has 0 saturated heterocycles. The van der Waals surface area contributed by atoms with Gasteiger partial charge in [0.15, 0.2) is 11.5 Å². The lowest BCUT2D eigenvalue weighted by Crippen LogP contribution is -2.01. The zero-order chi connectivity index (χ0) is 13.9. The molecule has 0 N–H and O–H groups in total. The maximum Gasteiger partial charge on any atom is 0.162 e. The van der Waals surface area contributed by atoms with Crippen molar-refractivity contribution < 1.29 is 9.47 Å². The third-order valence-corrected chi connectivity index (χ3v) is 3.32. The first kappa shape index (κ1) is 12.5. The molecule has 0 fully saturated rings. The van der Waals surface area contributed by atoms with Gasteiger partial charge in [-0.05, 0) is 11.6 Å². The van der Waals surface area contributed by atoms with Crippen LogP contribution in [0.5, 0.6) is 11.5 Å². The van der Waals surface area contributed by atoms with Gasteiger partial charge in [0.2, 0.25) is 0 Å². The number of ether oxygens (including phenoxy) is 2. The van der Waals surface area contributed by atoms with E-state index in [0.29, 0.717) is 0 Å². The minimum atomic E-state index is 0.717. The molecule has 0 radical (unpaired) electrons. The molecule has 0 aliphatic carbocycles. The predicted octanol–water partition coefficient (Wildman–Crippen LogP) is 3.10. The molecule has 1 heterocycles. The van der Waals surface area contributed by atoms with Crippen molar-refractivity contribution in [3.05, 3.63) is 54.2 Å². The number of hydrogen-bond acceptors (Lipinski definition) is 3. The van der Waals surface area contributed by atoms with Gasteiger partial charge >= 0.3 is 0 Å². The van der Waals surface area contributed by atoms with E-state index >= 15 is 0 Å². The summed E-state index contributed by atoms with van der Waals surface area (Å²) in [5, 5.41) is 5.49. The number of hydrogen-bond donors (Lipinski definition) is 0. The minimum Gasteiger partial charge on any atom is -0.493 e. The maximum atomic E-state index is 5.35. The molecular formula is C16H16N2O2. The van der Waals surface area contributed by atoms with E-state index in [0.717, 1.165) is 28.9 Å². The molecule has 20 heavy (non-hydrogen) atoms. The summed E-state index contributed by atoms with van der Waals surface area (Å²) in [6, 6.07) is 14.2. The van der Waals surface area contributed by atoms with Crippen molar-refractivity contribution >= 4 is 10.9 Å². The SMILES string of the molecule is COc1cc2cnn(Cc3ccccc3)c2cc1OC. The molecule has 0 amide bonds. The largest absolute Gasteiger partial charge is 0.493 e. The summed E-state index contributed by atoms with van der Waals surface area (Å²) in [6.45, 7) is 0.736. The van der Waals surface area contributed by atoms with Crippen LogP contribution >= 0.6 is 0 Å². The van der Waals surface area contributed by atoms with E-state index in [1.54, 1.807) is 14.2 Å². The third-order valence-electron chi connectivity index (χ3n) is 3.32. The summed E-state index contributed by atoms with van der Waals surface area (Å²) >= 11 is 0. The van der Waals surface area contributed by atoms with Gasteiger partial charge in [-0.25, -0.2) is 0 Å². The van der Waals surface area contributed by atoms with Gasteiger partial charge in [-0.1, -0.05) is 30.3 Å². The van der Waals surface area contributed by atoms with Crippen molar-refractivity contribution in [3.63, 3.8) is 0 Å². The van der Waals surface area contributed by atoms with Gasteiger partial charge in [0.25, 0.3) is 0 Å². The first-order valence-electron chi connectivity index (χ1n) is 6.43. The molecule has 0 atom stereocenters. The summed E-state index contributed by atoms with van der Waals surface area (Å²) in [5.74, 6) is 1.44. The molecule has 3 rings (SSSR count). The van der Waals surface area contributed by atoms with Gasteiger partial charge in [-0.2, -0.15) is 5.10 Å². The number of benzene rings is 2. The molecule has 0 spiro atoms. The lowest BCUT2D eigenvalue weighted by molar-refractivity contribution is 0.355. The van der Waals surface area contributed by atoms with Crippen molar-refractivity contribution in [1.29, 1.82) is 0 Å². The van der Waals surface area contributed by atoms with Gasteiger partial charge in [0, 0.05) is 11.5 Å². The van der Waals surface area contributed by atoms with Crippen LogP contribution in [0.3, 0.4) is 0 Å². The Morgan fingerprint density at radius 3 is 2.40 bits per heavy atom. The molecular weight excluding hydrogens is 252 g/mol. The Bertz CT molecular complexity index is 720. The molecule has 0 unspecified atom stereocenters. The van der Waals surface area contributed by atoms with E-state index in [2.05, 4.69) is 17.2 Å². The van der Waals surface area contributed by atoms with Crippen LogP contribution in [0.15, 0.2) is 48.7 Å². The fourth-order valence-electron chi connectivity index (χ4n) is 2.29. The number of aromatic nitrogens is 2. The van der Waals surface area contributed by atoms with Crippen LogP contribution in [0.25, 0.3) is 10.9 Å². The maximum absolute atomic E-state index is 5.35. The minimum absolute atomic E-state index is 0.717. The number of methoxy groups -OCH3 is 2. The van der Waals surface area contributed by atoms with Crippen molar-refractivity contribution in [3.8, 4) is 11.5 Å². The molecule has 1 aromatic heterocycles. The van der Waals surface area contributed by atoms with E-state index in [4.69, 9.17) is 9.47 Å².